The molecule has 4 heterocycles. The average Bonchev–Trinajstić information content (AvgIpc) is 3.16. The number of nitrogens with zero attached hydrogens (tertiary/aromatic N) is 5. The summed E-state index contributed by atoms with van der Waals surface area (Å²) in [4.78, 5) is 37.0. The summed E-state index contributed by atoms with van der Waals surface area (Å²) in [6.45, 7) is 1.97. The molecule has 10 heteroatoms. The Morgan fingerprint density at radius 3 is 2.59 bits per heavy atom. The van der Waals surface area contributed by atoms with Gasteiger partial charge in [0.25, 0.3) is 0 Å². The molecule has 0 spiro atoms. The quantitative estimate of drug-likeness (QED) is 0.415. The molecule has 0 radical (unpaired) electrons. The number of carbonyl (C=O) groups is 2. The van der Waals surface area contributed by atoms with Gasteiger partial charge in [-0.3, -0.25) is 19.3 Å². The van der Waals surface area contributed by atoms with Gasteiger partial charge in [-0.1, -0.05) is 0 Å². The molecule has 4 rings (SSSR count). The Bertz CT molecular complexity index is 1360. The van der Waals surface area contributed by atoms with Gasteiger partial charge in [-0.15, -0.1) is 0 Å². The number of nitrogens with two attached hydrogens (primary N) is 1. The van der Waals surface area contributed by atoms with Gasteiger partial charge in [0, 0.05) is 54.9 Å². The lowest BCUT2D eigenvalue weighted by Gasteiger charge is -2.09. The van der Waals surface area contributed by atoms with E-state index in [0.717, 1.165) is 28.7 Å². The molecule has 0 bridgehead atoms. The lowest BCUT2D eigenvalue weighted by atomic mass is 10.1. The molecule has 4 aromatic rings. The molecule has 0 aliphatic rings. The van der Waals surface area contributed by atoms with Crippen LogP contribution in [0, 0.1) is 6.92 Å². The molecule has 0 atom stereocenters. The molecule has 0 aliphatic carbocycles. The second-order valence-electron chi connectivity index (χ2n) is 7.09. The van der Waals surface area contributed by atoms with Crippen LogP contribution in [-0.2, 0) is 16.6 Å². The monoisotopic (exact) mass is 428 g/mol. The van der Waals surface area contributed by atoms with E-state index in [2.05, 4.69) is 30.7 Å². The Kier molecular flexibility index (Phi) is 5.58. The van der Waals surface area contributed by atoms with Crippen LogP contribution >= 0.6 is 0 Å². The summed E-state index contributed by atoms with van der Waals surface area (Å²) in [7, 11) is 1.74. The smallest absolute Gasteiger partial charge is 0.249 e. The molecule has 0 aliphatic heterocycles. The summed E-state index contributed by atoms with van der Waals surface area (Å²) >= 11 is 0. The van der Waals surface area contributed by atoms with Gasteiger partial charge in [0.15, 0.2) is 0 Å². The van der Waals surface area contributed by atoms with Crippen LogP contribution < -0.4 is 16.4 Å². The van der Waals surface area contributed by atoms with Gasteiger partial charge in [0.1, 0.15) is 11.6 Å². The molecular weight excluding hydrogens is 408 g/mol. The second kappa shape index (κ2) is 8.64. The third kappa shape index (κ3) is 4.59. The van der Waals surface area contributed by atoms with Crippen molar-refractivity contribution in [3.63, 3.8) is 0 Å². The Hall–Kier alpha value is -4.60. The van der Waals surface area contributed by atoms with E-state index in [9.17, 15) is 9.59 Å². The first kappa shape index (κ1) is 20.7. The van der Waals surface area contributed by atoms with E-state index < -0.39 is 11.8 Å². The van der Waals surface area contributed by atoms with Crippen molar-refractivity contribution in [1.29, 1.82) is 0 Å². The SMILES string of the molecule is Cc1ccncc1-c1cc2cc(NC(=O)/C=C\C(=O)Nc3cnn(C)c3)ncc2c(N)n1. The third-order valence-corrected chi connectivity index (χ3v) is 4.67. The summed E-state index contributed by atoms with van der Waals surface area (Å²) < 4.78 is 1.56. The van der Waals surface area contributed by atoms with Crippen LogP contribution in [0.1, 0.15) is 5.56 Å². The summed E-state index contributed by atoms with van der Waals surface area (Å²) in [5.74, 6) is -0.295. The van der Waals surface area contributed by atoms with Crippen LogP contribution in [0.15, 0.2) is 61.3 Å². The van der Waals surface area contributed by atoms with Crippen molar-refractivity contribution in [2.24, 2.45) is 7.05 Å². The Balaban J connectivity index is 1.51. The molecule has 4 N–H and O–H groups in total. The van der Waals surface area contributed by atoms with E-state index in [-0.39, 0.29) is 0 Å². The van der Waals surface area contributed by atoms with E-state index in [1.54, 1.807) is 42.6 Å². The highest BCUT2D eigenvalue weighted by Crippen LogP contribution is 2.28. The predicted octanol–water partition coefficient (Wildman–Crippen LogP) is 2.45. The zero-order chi connectivity index (χ0) is 22.7. The van der Waals surface area contributed by atoms with Crippen LogP contribution in [0.5, 0.6) is 0 Å². The molecule has 32 heavy (non-hydrogen) atoms. The third-order valence-electron chi connectivity index (χ3n) is 4.67. The van der Waals surface area contributed by atoms with E-state index >= 15 is 0 Å². The fourth-order valence-corrected chi connectivity index (χ4v) is 3.10. The first-order valence-electron chi connectivity index (χ1n) is 9.65. The molecule has 160 valence electrons. The van der Waals surface area contributed by atoms with Crippen molar-refractivity contribution in [3.8, 4) is 11.3 Å². The number of pyridine rings is 3. The van der Waals surface area contributed by atoms with Gasteiger partial charge < -0.3 is 16.4 Å². The van der Waals surface area contributed by atoms with Gasteiger partial charge in [-0.05, 0) is 36.1 Å². The summed E-state index contributed by atoms with van der Waals surface area (Å²) in [5.41, 5.74) is 9.21. The first-order valence-corrected chi connectivity index (χ1v) is 9.65. The Morgan fingerprint density at radius 1 is 1.09 bits per heavy atom. The van der Waals surface area contributed by atoms with Crippen LogP contribution in [0.2, 0.25) is 0 Å². The van der Waals surface area contributed by atoms with Crippen LogP contribution in [0.25, 0.3) is 22.0 Å². The number of aromatic nitrogens is 5. The number of rotatable bonds is 5. The van der Waals surface area contributed by atoms with Crippen molar-refractivity contribution in [1.82, 2.24) is 24.7 Å². The fourth-order valence-electron chi connectivity index (χ4n) is 3.10. The molecular formula is C22H20N8O2. The number of fused-ring (bicyclic) bond motifs is 1. The number of hydrogen-bond donors (Lipinski definition) is 3. The van der Waals surface area contributed by atoms with E-state index in [4.69, 9.17) is 5.73 Å². The molecule has 10 nitrogen and oxygen atoms in total. The Morgan fingerprint density at radius 2 is 1.88 bits per heavy atom. The zero-order valence-corrected chi connectivity index (χ0v) is 17.4. The zero-order valence-electron chi connectivity index (χ0n) is 17.4. The number of nitrogens with one attached hydrogen (secondary N) is 2. The Labute approximate surface area is 183 Å². The van der Waals surface area contributed by atoms with Crippen molar-refractivity contribution in [2.75, 3.05) is 16.4 Å². The number of amides is 2. The van der Waals surface area contributed by atoms with E-state index in [1.165, 1.54) is 6.20 Å². The van der Waals surface area contributed by atoms with Gasteiger partial charge in [0.05, 0.1) is 17.6 Å². The predicted molar refractivity (Wildman–Crippen MR) is 122 cm³/mol. The van der Waals surface area contributed by atoms with Crippen molar-refractivity contribution in [3.05, 3.63) is 66.9 Å². The summed E-state index contributed by atoms with van der Waals surface area (Å²) in [6, 6.07) is 5.46. The molecule has 0 saturated heterocycles. The standard InChI is InChI=1S/C22H20N8O2/c1-13-5-6-24-10-16(13)18-7-14-8-19(25-11-17(14)22(23)28-18)29-21(32)4-3-20(31)27-15-9-26-30(2)12-15/h3-12H,1-2H3,(H2,23,28)(H,27,31)(H,25,29,32)/b4-3-. The maximum Gasteiger partial charge on any atom is 0.249 e. The maximum absolute atomic E-state index is 12.2. The lowest BCUT2D eigenvalue weighted by Crippen LogP contribution is -2.12. The minimum absolute atomic E-state index is 0.319. The lowest BCUT2D eigenvalue weighted by molar-refractivity contribution is -0.114. The minimum atomic E-state index is -0.497. The molecule has 0 aromatic carbocycles. The van der Waals surface area contributed by atoms with Crippen molar-refractivity contribution >= 4 is 39.9 Å². The van der Waals surface area contributed by atoms with Gasteiger partial charge in [-0.25, -0.2) is 9.97 Å². The van der Waals surface area contributed by atoms with Crippen LogP contribution in [0.4, 0.5) is 17.3 Å². The first-order chi connectivity index (χ1) is 15.4. The fraction of sp³-hybridized carbons (Fsp3) is 0.0909. The highest BCUT2D eigenvalue weighted by molar-refractivity contribution is 6.07. The second-order valence-corrected chi connectivity index (χ2v) is 7.09. The van der Waals surface area contributed by atoms with Crippen molar-refractivity contribution < 1.29 is 9.59 Å². The number of aryl methyl sites for hydroxylation is 2. The van der Waals surface area contributed by atoms with Crippen LogP contribution in [0.3, 0.4) is 0 Å². The van der Waals surface area contributed by atoms with Crippen LogP contribution in [-0.4, -0.2) is 36.5 Å². The minimum Gasteiger partial charge on any atom is -0.383 e. The molecule has 0 fully saturated rings. The van der Waals surface area contributed by atoms with E-state index in [0.29, 0.717) is 28.4 Å². The molecule has 4 aromatic heterocycles. The largest absolute Gasteiger partial charge is 0.383 e. The summed E-state index contributed by atoms with van der Waals surface area (Å²) in [6.07, 6.45) is 10.4. The molecule has 0 saturated carbocycles. The van der Waals surface area contributed by atoms with E-state index in [1.807, 2.05) is 19.1 Å². The molecule has 0 unspecified atom stereocenters. The van der Waals surface area contributed by atoms with Gasteiger partial charge in [0.2, 0.25) is 11.8 Å². The topological polar surface area (TPSA) is 141 Å². The summed E-state index contributed by atoms with van der Waals surface area (Å²) in [5, 5.41) is 10.6. The maximum atomic E-state index is 12.2. The number of carbonyl (C=O) groups excluding carboxylic acids is 2. The molecule has 2 amide bonds. The highest BCUT2D eigenvalue weighted by Gasteiger charge is 2.10. The number of anilines is 3. The number of nitrogen functional groups attached to an aromatic ring is 1. The number of hydrogen-bond acceptors (Lipinski definition) is 7. The highest BCUT2D eigenvalue weighted by atomic mass is 16.2. The van der Waals surface area contributed by atoms with Gasteiger partial charge >= 0.3 is 0 Å². The van der Waals surface area contributed by atoms with Crippen molar-refractivity contribution in [2.45, 2.75) is 6.92 Å². The average molecular weight is 428 g/mol. The van der Waals surface area contributed by atoms with Gasteiger partial charge in [-0.2, -0.15) is 5.10 Å². The normalized spacial score (nSPS) is 11.1.